The van der Waals surface area contributed by atoms with E-state index in [1.54, 1.807) is 11.7 Å². The van der Waals surface area contributed by atoms with Crippen molar-refractivity contribution in [2.24, 2.45) is 0 Å². The number of nitrogens with zero attached hydrogens (tertiary/aromatic N) is 2. The van der Waals surface area contributed by atoms with Crippen LogP contribution < -0.4 is 10.1 Å². The van der Waals surface area contributed by atoms with Crippen LogP contribution in [0.1, 0.15) is 24.2 Å². The van der Waals surface area contributed by atoms with E-state index in [1.807, 2.05) is 6.92 Å². The number of aryl methyl sites for hydroxylation is 1. The van der Waals surface area contributed by atoms with E-state index < -0.39 is 23.5 Å². The van der Waals surface area contributed by atoms with Crippen molar-refractivity contribution in [3.05, 3.63) is 47.0 Å². The van der Waals surface area contributed by atoms with Crippen LogP contribution in [-0.4, -0.2) is 23.9 Å². The summed E-state index contributed by atoms with van der Waals surface area (Å²) in [5.41, 5.74) is 0.871. The van der Waals surface area contributed by atoms with Crippen molar-refractivity contribution in [2.75, 3.05) is 14.2 Å². The van der Waals surface area contributed by atoms with Crippen LogP contribution in [0.5, 0.6) is 5.75 Å². The Kier molecular flexibility index (Phi) is 4.52. The largest absolute Gasteiger partial charge is 0.493 e. The van der Waals surface area contributed by atoms with Gasteiger partial charge in [-0.05, 0) is 31.7 Å². The molecule has 2 aromatic rings. The molecule has 4 nitrogen and oxygen atoms in total. The lowest BCUT2D eigenvalue weighted by Gasteiger charge is -2.19. The highest BCUT2D eigenvalue weighted by atomic mass is 19.2. The molecule has 0 amide bonds. The van der Waals surface area contributed by atoms with E-state index in [9.17, 15) is 13.2 Å². The standard InChI is InChI=1S/C14H16F3N3O/c1-4-20-14(11(21-3)7-19-20)13(18-2)8-5-9(15)12(17)10(16)6-8/h5-7,13,18H,4H2,1-3H3. The molecule has 1 atom stereocenters. The molecule has 1 aromatic heterocycles. The van der Waals surface area contributed by atoms with Gasteiger partial charge in [-0.3, -0.25) is 4.68 Å². The second-order valence-corrected chi connectivity index (χ2v) is 4.43. The highest BCUT2D eigenvalue weighted by Gasteiger charge is 2.24. The van der Waals surface area contributed by atoms with Crippen molar-refractivity contribution >= 4 is 0 Å². The van der Waals surface area contributed by atoms with Gasteiger partial charge in [0.05, 0.1) is 19.3 Å². The summed E-state index contributed by atoms with van der Waals surface area (Å²) in [5.74, 6) is -3.45. The first kappa shape index (κ1) is 15.4. The molecule has 0 aliphatic carbocycles. The lowest BCUT2D eigenvalue weighted by Crippen LogP contribution is -2.22. The third-order valence-corrected chi connectivity index (χ3v) is 3.27. The van der Waals surface area contributed by atoms with Crippen LogP contribution in [0.15, 0.2) is 18.3 Å². The summed E-state index contributed by atoms with van der Waals surface area (Å²) in [6.45, 7) is 2.44. The first-order valence-corrected chi connectivity index (χ1v) is 6.44. The highest BCUT2D eigenvalue weighted by molar-refractivity contribution is 5.37. The molecule has 1 unspecified atom stereocenters. The van der Waals surface area contributed by atoms with Crippen LogP contribution >= 0.6 is 0 Å². The Morgan fingerprint density at radius 1 is 1.29 bits per heavy atom. The maximum absolute atomic E-state index is 13.4. The van der Waals surface area contributed by atoms with Crippen LogP contribution in [-0.2, 0) is 6.54 Å². The van der Waals surface area contributed by atoms with Crippen molar-refractivity contribution in [1.29, 1.82) is 0 Å². The third kappa shape index (κ3) is 2.73. The van der Waals surface area contributed by atoms with Crippen LogP contribution in [0.2, 0.25) is 0 Å². The molecule has 0 radical (unpaired) electrons. The molecule has 21 heavy (non-hydrogen) atoms. The monoisotopic (exact) mass is 299 g/mol. The van der Waals surface area contributed by atoms with Gasteiger partial charge in [0.2, 0.25) is 0 Å². The molecule has 0 saturated heterocycles. The zero-order chi connectivity index (χ0) is 15.6. The minimum Gasteiger partial charge on any atom is -0.493 e. The molecule has 2 rings (SSSR count). The predicted octanol–water partition coefficient (Wildman–Crippen LogP) is 2.64. The first-order chi connectivity index (χ1) is 10.0. The molecular formula is C14H16F3N3O. The molecule has 0 spiro atoms. The van der Waals surface area contributed by atoms with Crippen molar-refractivity contribution in [3.8, 4) is 5.75 Å². The fourth-order valence-corrected chi connectivity index (χ4v) is 2.28. The maximum atomic E-state index is 13.4. The van der Waals surface area contributed by atoms with E-state index in [0.29, 0.717) is 18.0 Å². The molecule has 1 heterocycles. The molecule has 7 heteroatoms. The number of ether oxygens (including phenoxy) is 1. The molecule has 0 aliphatic heterocycles. The number of benzene rings is 1. The fraction of sp³-hybridized carbons (Fsp3) is 0.357. The summed E-state index contributed by atoms with van der Waals surface area (Å²) >= 11 is 0. The van der Waals surface area contributed by atoms with E-state index in [2.05, 4.69) is 10.4 Å². The molecule has 0 bridgehead atoms. The van der Waals surface area contributed by atoms with E-state index in [4.69, 9.17) is 4.74 Å². The predicted molar refractivity (Wildman–Crippen MR) is 71.7 cm³/mol. The van der Waals surface area contributed by atoms with Crippen molar-refractivity contribution in [3.63, 3.8) is 0 Å². The first-order valence-electron chi connectivity index (χ1n) is 6.44. The smallest absolute Gasteiger partial charge is 0.194 e. The number of aromatic nitrogens is 2. The average Bonchev–Trinajstić information content (AvgIpc) is 2.88. The van der Waals surface area contributed by atoms with Crippen molar-refractivity contribution in [1.82, 2.24) is 15.1 Å². The number of methoxy groups -OCH3 is 1. The summed E-state index contributed by atoms with van der Waals surface area (Å²) in [6.07, 6.45) is 1.53. The number of hydrogen-bond donors (Lipinski definition) is 1. The van der Waals surface area contributed by atoms with Gasteiger partial charge in [-0.1, -0.05) is 0 Å². The quantitative estimate of drug-likeness (QED) is 0.863. The Morgan fingerprint density at radius 2 is 1.90 bits per heavy atom. The number of hydrogen-bond acceptors (Lipinski definition) is 3. The Balaban J connectivity index is 2.57. The minimum absolute atomic E-state index is 0.252. The van der Waals surface area contributed by atoms with Crippen LogP contribution in [0.3, 0.4) is 0 Å². The van der Waals surface area contributed by atoms with E-state index in [-0.39, 0.29) is 5.56 Å². The molecule has 0 fully saturated rings. The summed E-state index contributed by atoms with van der Waals surface area (Å²) in [5, 5.41) is 7.10. The van der Waals surface area contributed by atoms with Gasteiger partial charge in [0.25, 0.3) is 0 Å². The average molecular weight is 299 g/mol. The Bertz CT molecular complexity index is 598. The van der Waals surface area contributed by atoms with Gasteiger partial charge in [-0.15, -0.1) is 0 Å². The summed E-state index contributed by atoms with van der Waals surface area (Å²) < 4.78 is 46.9. The van der Waals surface area contributed by atoms with E-state index in [0.717, 1.165) is 12.1 Å². The second kappa shape index (κ2) is 6.17. The number of rotatable bonds is 5. The maximum Gasteiger partial charge on any atom is 0.194 e. The molecule has 1 aromatic carbocycles. The zero-order valence-electron chi connectivity index (χ0n) is 12.0. The molecular weight excluding hydrogens is 283 g/mol. The van der Waals surface area contributed by atoms with Gasteiger partial charge in [-0.2, -0.15) is 5.10 Å². The SMILES string of the molecule is CCn1ncc(OC)c1C(NC)c1cc(F)c(F)c(F)c1. The number of nitrogens with one attached hydrogen (secondary N) is 1. The molecule has 0 saturated carbocycles. The lowest BCUT2D eigenvalue weighted by atomic mass is 10.0. The third-order valence-electron chi connectivity index (χ3n) is 3.27. The van der Waals surface area contributed by atoms with E-state index in [1.165, 1.54) is 13.3 Å². The van der Waals surface area contributed by atoms with Gasteiger partial charge >= 0.3 is 0 Å². The van der Waals surface area contributed by atoms with Crippen molar-refractivity contribution in [2.45, 2.75) is 19.5 Å². The topological polar surface area (TPSA) is 39.1 Å². The normalized spacial score (nSPS) is 12.5. The molecule has 1 N–H and O–H groups in total. The van der Waals surface area contributed by atoms with E-state index >= 15 is 0 Å². The summed E-state index contributed by atoms with van der Waals surface area (Å²) in [7, 11) is 3.12. The van der Waals surface area contributed by atoms with Crippen molar-refractivity contribution < 1.29 is 17.9 Å². The summed E-state index contributed by atoms with van der Waals surface area (Å²) in [6, 6.07) is 1.35. The lowest BCUT2D eigenvalue weighted by molar-refractivity contribution is 0.400. The van der Waals surface area contributed by atoms with Gasteiger partial charge < -0.3 is 10.1 Å². The Morgan fingerprint density at radius 3 is 2.38 bits per heavy atom. The summed E-state index contributed by atoms with van der Waals surface area (Å²) in [4.78, 5) is 0. The van der Waals surface area contributed by atoms with Crippen LogP contribution in [0, 0.1) is 17.5 Å². The Hall–Kier alpha value is -2.02. The van der Waals surface area contributed by atoms with Gasteiger partial charge in [0, 0.05) is 6.54 Å². The zero-order valence-corrected chi connectivity index (χ0v) is 12.0. The van der Waals surface area contributed by atoms with Crippen LogP contribution in [0.4, 0.5) is 13.2 Å². The number of halogens is 3. The highest BCUT2D eigenvalue weighted by Crippen LogP contribution is 2.31. The Labute approximate surface area is 120 Å². The van der Waals surface area contributed by atoms with Crippen LogP contribution in [0.25, 0.3) is 0 Å². The molecule has 0 aliphatic rings. The second-order valence-electron chi connectivity index (χ2n) is 4.43. The fourth-order valence-electron chi connectivity index (χ4n) is 2.28. The van der Waals surface area contributed by atoms with Gasteiger partial charge in [0.15, 0.2) is 23.2 Å². The minimum atomic E-state index is -1.48. The van der Waals surface area contributed by atoms with Gasteiger partial charge in [-0.25, -0.2) is 13.2 Å². The molecule has 114 valence electrons. The van der Waals surface area contributed by atoms with Gasteiger partial charge in [0.1, 0.15) is 5.69 Å².